The van der Waals surface area contributed by atoms with Crippen LogP contribution in [0.25, 0.3) is 0 Å². The summed E-state index contributed by atoms with van der Waals surface area (Å²) >= 11 is 0. The molecule has 1 aliphatic rings. The highest BCUT2D eigenvalue weighted by molar-refractivity contribution is 5.73. The van der Waals surface area contributed by atoms with Crippen molar-refractivity contribution in [2.75, 3.05) is 20.1 Å². The van der Waals surface area contributed by atoms with E-state index in [-0.39, 0.29) is 6.03 Å². The van der Waals surface area contributed by atoms with Crippen molar-refractivity contribution in [3.63, 3.8) is 0 Å². The van der Waals surface area contributed by atoms with Gasteiger partial charge in [-0.1, -0.05) is 13.8 Å². The molecule has 3 heteroatoms. The second-order valence-corrected chi connectivity index (χ2v) is 4.15. The maximum atomic E-state index is 11.3. The third-order valence-corrected chi connectivity index (χ3v) is 2.90. The van der Waals surface area contributed by atoms with Crippen LogP contribution in [-0.4, -0.2) is 31.1 Å². The lowest BCUT2D eigenvalue weighted by Crippen LogP contribution is -2.45. The van der Waals surface area contributed by atoms with E-state index < -0.39 is 0 Å². The quantitative estimate of drug-likeness (QED) is 0.661. The van der Waals surface area contributed by atoms with Crippen LogP contribution in [0.5, 0.6) is 0 Å². The number of carbonyl (C=O) groups is 1. The zero-order valence-electron chi connectivity index (χ0n) is 8.84. The summed E-state index contributed by atoms with van der Waals surface area (Å²) in [5.41, 5.74) is 0. The first-order valence-corrected chi connectivity index (χ1v) is 5.11. The molecule has 0 aromatic carbocycles. The molecule has 1 saturated heterocycles. The number of amides is 2. The minimum Gasteiger partial charge on any atom is -0.341 e. The van der Waals surface area contributed by atoms with Crippen molar-refractivity contribution in [3.8, 4) is 0 Å². The van der Waals surface area contributed by atoms with E-state index >= 15 is 0 Å². The Bertz CT molecular complexity index is 180. The lowest BCUT2D eigenvalue weighted by molar-refractivity contribution is 0.150. The van der Waals surface area contributed by atoms with E-state index in [0.717, 1.165) is 19.5 Å². The Morgan fingerprint density at radius 1 is 1.54 bits per heavy atom. The van der Waals surface area contributed by atoms with Gasteiger partial charge in [-0.15, -0.1) is 0 Å². The molecule has 0 aliphatic carbocycles. The normalized spacial score (nSPS) is 23.4. The fraction of sp³-hybridized carbons (Fsp3) is 0.900. The van der Waals surface area contributed by atoms with Crippen molar-refractivity contribution in [3.05, 3.63) is 0 Å². The maximum absolute atomic E-state index is 11.3. The minimum absolute atomic E-state index is 0.0744. The number of piperidine rings is 1. The van der Waals surface area contributed by atoms with Crippen LogP contribution in [0.1, 0.15) is 26.7 Å². The third kappa shape index (κ3) is 2.61. The van der Waals surface area contributed by atoms with E-state index in [1.807, 2.05) is 4.90 Å². The standard InChI is InChI=1S/C10H20N2O/c1-8(2)9-5-4-6-12(7-9)10(13)11-3/h8-9H,4-7H2,1-3H3,(H,11,13). The van der Waals surface area contributed by atoms with E-state index in [2.05, 4.69) is 19.2 Å². The van der Waals surface area contributed by atoms with E-state index in [4.69, 9.17) is 0 Å². The Morgan fingerprint density at radius 3 is 2.77 bits per heavy atom. The number of likely N-dealkylation sites (tertiary alicyclic amines) is 1. The van der Waals surface area contributed by atoms with Crippen molar-refractivity contribution < 1.29 is 4.79 Å². The summed E-state index contributed by atoms with van der Waals surface area (Å²) in [5.74, 6) is 1.37. The predicted molar refractivity (Wildman–Crippen MR) is 53.6 cm³/mol. The topological polar surface area (TPSA) is 32.3 Å². The summed E-state index contributed by atoms with van der Waals surface area (Å²) < 4.78 is 0. The number of hydrogen-bond acceptors (Lipinski definition) is 1. The summed E-state index contributed by atoms with van der Waals surface area (Å²) in [7, 11) is 1.70. The zero-order chi connectivity index (χ0) is 9.84. The summed E-state index contributed by atoms with van der Waals surface area (Å²) in [6.07, 6.45) is 2.42. The Balaban J connectivity index is 2.46. The first kappa shape index (κ1) is 10.4. The molecule has 0 radical (unpaired) electrons. The second-order valence-electron chi connectivity index (χ2n) is 4.15. The molecule has 76 valence electrons. The van der Waals surface area contributed by atoms with Gasteiger partial charge in [0.15, 0.2) is 0 Å². The summed E-state index contributed by atoms with van der Waals surface area (Å²) in [6.45, 7) is 6.32. The molecule has 0 spiro atoms. The van der Waals surface area contributed by atoms with Crippen LogP contribution in [0.15, 0.2) is 0 Å². The monoisotopic (exact) mass is 184 g/mol. The average molecular weight is 184 g/mol. The molecular weight excluding hydrogens is 164 g/mol. The third-order valence-electron chi connectivity index (χ3n) is 2.90. The molecule has 1 atom stereocenters. The van der Waals surface area contributed by atoms with E-state index in [0.29, 0.717) is 11.8 Å². The number of carbonyl (C=O) groups excluding carboxylic acids is 1. The highest BCUT2D eigenvalue weighted by Gasteiger charge is 2.24. The molecule has 2 amide bonds. The summed E-state index contributed by atoms with van der Waals surface area (Å²) in [4.78, 5) is 13.3. The number of urea groups is 1. The van der Waals surface area contributed by atoms with Crippen molar-refractivity contribution in [1.82, 2.24) is 10.2 Å². The molecule has 0 aromatic heterocycles. The lowest BCUT2D eigenvalue weighted by Gasteiger charge is -2.34. The fourth-order valence-corrected chi connectivity index (χ4v) is 1.90. The summed E-state index contributed by atoms with van der Waals surface area (Å²) in [6, 6.07) is 0.0744. The van der Waals surface area contributed by atoms with Crippen molar-refractivity contribution in [2.45, 2.75) is 26.7 Å². The first-order chi connectivity index (χ1) is 6.15. The largest absolute Gasteiger partial charge is 0.341 e. The predicted octanol–water partition coefficient (Wildman–Crippen LogP) is 1.69. The molecule has 1 aliphatic heterocycles. The molecule has 1 rings (SSSR count). The molecule has 1 N–H and O–H groups in total. The maximum Gasteiger partial charge on any atom is 0.317 e. The molecule has 13 heavy (non-hydrogen) atoms. The van der Waals surface area contributed by atoms with Gasteiger partial charge in [0.1, 0.15) is 0 Å². The fourth-order valence-electron chi connectivity index (χ4n) is 1.90. The van der Waals surface area contributed by atoms with Crippen LogP contribution in [-0.2, 0) is 0 Å². The number of rotatable bonds is 1. The van der Waals surface area contributed by atoms with Gasteiger partial charge in [0.05, 0.1) is 0 Å². The highest BCUT2D eigenvalue weighted by Crippen LogP contribution is 2.23. The van der Waals surface area contributed by atoms with Gasteiger partial charge < -0.3 is 10.2 Å². The van der Waals surface area contributed by atoms with Gasteiger partial charge in [0, 0.05) is 20.1 Å². The number of hydrogen-bond donors (Lipinski definition) is 1. The van der Waals surface area contributed by atoms with Crippen LogP contribution in [0.2, 0.25) is 0 Å². The Labute approximate surface area is 80.5 Å². The molecule has 3 nitrogen and oxygen atoms in total. The average Bonchev–Trinajstić information content (AvgIpc) is 2.17. The van der Waals surface area contributed by atoms with E-state index in [9.17, 15) is 4.79 Å². The molecule has 1 unspecified atom stereocenters. The first-order valence-electron chi connectivity index (χ1n) is 5.11. The number of nitrogens with zero attached hydrogens (tertiary/aromatic N) is 1. The van der Waals surface area contributed by atoms with Gasteiger partial charge >= 0.3 is 6.03 Å². The van der Waals surface area contributed by atoms with Gasteiger partial charge in [0.25, 0.3) is 0 Å². The molecular formula is C10H20N2O. The van der Waals surface area contributed by atoms with Crippen LogP contribution in [0.4, 0.5) is 4.79 Å². The van der Waals surface area contributed by atoms with Gasteiger partial charge in [-0.3, -0.25) is 0 Å². The van der Waals surface area contributed by atoms with Crippen LogP contribution in [0.3, 0.4) is 0 Å². The lowest BCUT2D eigenvalue weighted by atomic mass is 9.88. The molecule has 1 heterocycles. The molecule has 0 bridgehead atoms. The Hall–Kier alpha value is -0.730. The zero-order valence-corrected chi connectivity index (χ0v) is 8.84. The van der Waals surface area contributed by atoms with Crippen LogP contribution >= 0.6 is 0 Å². The van der Waals surface area contributed by atoms with E-state index in [1.54, 1.807) is 7.05 Å². The Kier molecular flexibility index (Phi) is 3.58. The van der Waals surface area contributed by atoms with Gasteiger partial charge in [-0.25, -0.2) is 4.79 Å². The second kappa shape index (κ2) is 4.49. The smallest absolute Gasteiger partial charge is 0.317 e. The van der Waals surface area contributed by atoms with Gasteiger partial charge in [-0.2, -0.15) is 0 Å². The van der Waals surface area contributed by atoms with Gasteiger partial charge in [0.2, 0.25) is 0 Å². The van der Waals surface area contributed by atoms with Crippen LogP contribution < -0.4 is 5.32 Å². The van der Waals surface area contributed by atoms with Crippen molar-refractivity contribution in [2.24, 2.45) is 11.8 Å². The summed E-state index contributed by atoms with van der Waals surface area (Å²) in [5, 5.41) is 2.68. The minimum atomic E-state index is 0.0744. The van der Waals surface area contributed by atoms with Gasteiger partial charge in [-0.05, 0) is 24.7 Å². The molecule has 0 saturated carbocycles. The van der Waals surface area contributed by atoms with E-state index in [1.165, 1.54) is 6.42 Å². The molecule has 0 aromatic rings. The highest BCUT2D eigenvalue weighted by atomic mass is 16.2. The SMILES string of the molecule is CNC(=O)N1CCCC(C(C)C)C1. The number of nitrogens with one attached hydrogen (secondary N) is 1. The Morgan fingerprint density at radius 2 is 2.23 bits per heavy atom. The van der Waals surface area contributed by atoms with Crippen molar-refractivity contribution >= 4 is 6.03 Å². The molecule has 1 fully saturated rings. The van der Waals surface area contributed by atoms with Crippen LogP contribution in [0, 0.1) is 11.8 Å². The van der Waals surface area contributed by atoms with Crippen molar-refractivity contribution in [1.29, 1.82) is 0 Å².